The third kappa shape index (κ3) is 4.13. The second kappa shape index (κ2) is 6.43. The zero-order chi connectivity index (χ0) is 14.5. The fourth-order valence-electron chi connectivity index (χ4n) is 2.06. The first-order valence-corrected chi connectivity index (χ1v) is 6.12. The molecule has 1 rings (SSSR count). The van der Waals surface area contributed by atoms with Gasteiger partial charge in [-0.15, -0.1) is 0 Å². The fourth-order valence-corrected chi connectivity index (χ4v) is 2.06. The number of likely N-dealkylation sites (N-methyl/N-ethyl adjacent to an activating group) is 1. The molecule has 1 aromatic rings. The number of ether oxygens (including phenoxy) is 2. The van der Waals surface area contributed by atoms with Crippen molar-refractivity contribution < 1.29 is 14.3 Å². The lowest BCUT2D eigenvalue weighted by molar-refractivity contribution is -0.119. The minimum atomic E-state index is -0.370. The quantitative estimate of drug-likeness (QED) is 0.775. The molecule has 5 heteroatoms. The van der Waals surface area contributed by atoms with E-state index >= 15 is 0 Å². The molecule has 1 atom stereocenters. The summed E-state index contributed by atoms with van der Waals surface area (Å²) in [5.41, 5.74) is 5.97. The van der Waals surface area contributed by atoms with E-state index in [-0.39, 0.29) is 17.9 Å². The molecule has 0 bridgehead atoms. The molecular formula is C14H22N2O3. The van der Waals surface area contributed by atoms with Crippen molar-refractivity contribution in [1.82, 2.24) is 5.32 Å². The van der Waals surface area contributed by atoms with E-state index < -0.39 is 0 Å². The van der Waals surface area contributed by atoms with Gasteiger partial charge in [-0.2, -0.15) is 0 Å². The van der Waals surface area contributed by atoms with Crippen LogP contribution in [0.1, 0.15) is 18.9 Å². The molecule has 106 valence electrons. The van der Waals surface area contributed by atoms with Crippen molar-refractivity contribution in [1.29, 1.82) is 0 Å². The molecule has 1 unspecified atom stereocenters. The number of carbonyl (C=O) groups excluding carboxylic acids is 1. The Hall–Kier alpha value is -1.75. The minimum Gasteiger partial charge on any atom is -0.493 e. The van der Waals surface area contributed by atoms with Crippen molar-refractivity contribution in [3.05, 3.63) is 23.8 Å². The van der Waals surface area contributed by atoms with Crippen molar-refractivity contribution >= 4 is 5.91 Å². The van der Waals surface area contributed by atoms with E-state index in [0.717, 1.165) is 5.56 Å². The van der Waals surface area contributed by atoms with Gasteiger partial charge >= 0.3 is 0 Å². The van der Waals surface area contributed by atoms with E-state index in [9.17, 15) is 4.79 Å². The van der Waals surface area contributed by atoms with Crippen molar-refractivity contribution in [2.24, 2.45) is 5.73 Å². The first kappa shape index (κ1) is 15.3. The zero-order valence-corrected chi connectivity index (χ0v) is 11.9. The largest absolute Gasteiger partial charge is 0.493 e. The van der Waals surface area contributed by atoms with Gasteiger partial charge in [-0.25, -0.2) is 0 Å². The average Bonchev–Trinajstić information content (AvgIpc) is 2.37. The number of benzene rings is 1. The Labute approximate surface area is 114 Å². The first-order chi connectivity index (χ1) is 8.94. The van der Waals surface area contributed by atoms with Crippen LogP contribution in [0.2, 0.25) is 0 Å². The number of methoxy groups -OCH3 is 2. The highest BCUT2D eigenvalue weighted by Crippen LogP contribution is 2.29. The van der Waals surface area contributed by atoms with Crippen LogP contribution in [-0.2, 0) is 11.2 Å². The van der Waals surface area contributed by atoms with Gasteiger partial charge in [0, 0.05) is 12.0 Å². The van der Waals surface area contributed by atoms with Crippen molar-refractivity contribution in [2.45, 2.75) is 25.3 Å². The number of primary amides is 1. The van der Waals surface area contributed by atoms with Crippen LogP contribution in [0.3, 0.4) is 0 Å². The molecule has 0 radical (unpaired) electrons. The normalized spacial score (nSPS) is 13.7. The maximum atomic E-state index is 11.1. The molecule has 1 aromatic carbocycles. The van der Waals surface area contributed by atoms with Gasteiger partial charge in [-0.05, 0) is 38.1 Å². The topological polar surface area (TPSA) is 73.6 Å². The Morgan fingerprint density at radius 1 is 1.32 bits per heavy atom. The highest BCUT2D eigenvalue weighted by Gasteiger charge is 2.25. The molecule has 0 aliphatic heterocycles. The number of amides is 1. The second-order valence-electron chi connectivity index (χ2n) is 4.82. The highest BCUT2D eigenvalue weighted by atomic mass is 16.5. The number of carbonyl (C=O) groups is 1. The van der Waals surface area contributed by atoms with Gasteiger partial charge in [0.2, 0.25) is 5.91 Å². The zero-order valence-electron chi connectivity index (χ0n) is 11.9. The van der Waals surface area contributed by atoms with Gasteiger partial charge in [-0.1, -0.05) is 6.07 Å². The lowest BCUT2D eigenvalue weighted by Crippen LogP contribution is -2.45. The highest BCUT2D eigenvalue weighted by molar-refractivity contribution is 5.75. The van der Waals surface area contributed by atoms with Crippen molar-refractivity contribution in [3.8, 4) is 11.5 Å². The van der Waals surface area contributed by atoms with E-state index in [1.807, 2.05) is 32.2 Å². The van der Waals surface area contributed by atoms with Crippen LogP contribution in [0.4, 0.5) is 0 Å². The lowest BCUT2D eigenvalue weighted by atomic mass is 9.89. The third-order valence-electron chi connectivity index (χ3n) is 3.21. The molecule has 0 aliphatic rings. The summed E-state index contributed by atoms with van der Waals surface area (Å²) < 4.78 is 10.5. The van der Waals surface area contributed by atoms with Crippen LogP contribution in [0, 0.1) is 0 Å². The Morgan fingerprint density at radius 3 is 2.42 bits per heavy atom. The Balaban J connectivity index is 2.94. The molecule has 1 amide bonds. The summed E-state index contributed by atoms with van der Waals surface area (Å²) in [6.45, 7) is 1.97. The lowest BCUT2D eigenvalue weighted by Gasteiger charge is -2.28. The van der Waals surface area contributed by atoms with Crippen LogP contribution < -0.4 is 20.5 Å². The van der Waals surface area contributed by atoms with Crippen LogP contribution >= 0.6 is 0 Å². The van der Waals surface area contributed by atoms with Crippen LogP contribution in [0.15, 0.2) is 18.2 Å². The van der Waals surface area contributed by atoms with Crippen molar-refractivity contribution in [3.63, 3.8) is 0 Å². The van der Waals surface area contributed by atoms with Gasteiger partial charge in [-0.3, -0.25) is 4.79 Å². The SMILES string of the molecule is CNC(C)(CC(N)=O)Cc1ccc(OC)c(OC)c1. The maximum Gasteiger partial charge on any atom is 0.219 e. The first-order valence-electron chi connectivity index (χ1n) is 6.12. The second-order valence-corrected chi connectivity index (χ2v) is 4.82. The summed E-state index contributed by atoms with van der Waals surface area (Å²) in [7, 11) is 5.02. The van der Waals surface area contributed by atoms with E-state index in [4.69, 9.17) is 15.2 Å². The third-order valence-corrected chi connectivity index (χ3v) is 3.21. The number of nitrogens with one attached hydrogen (secondary N) is 1. The summed E-state index contributed by atoms with van der Waals surface area (Å²) in [6.07, 6.45) is 0.949. The summed E-state index contributed by atoms with van der Waals surface area (Å²) in [6, 6.07) is 5.72. The fraction of sp³-hybridized carbons (Fsp3) is 0.500. The molecule has 0 spiro atoms. The van der Waals surface area contributed by atoms with E-state index in [2.05, 4.69) is 5.32 Å². The van der Waals surface area contributed by atoms with Crippen LogP contribution in [0.25, 0.3) is 0 Å². The summed E-state index contributed by atoms with van der Waals surface area (Å²) in [5.74, 6) is 1.04. The Kier molecular flexibility index (Phi) is 5.18. The van der Waals surface area contributed by atoms with Crippen LogP contribution in [0.5, 0.6) is 11.5 Å². The number of nitrogens with two attached hydrogens (primary N) is 1. The molecule has 5 nitrogen and oxygen atoms in total. The van der Waals surface area contributed by atoms with E-state index in [0.29, 0.717) is 17.9 Å². The number of hydrogen-bond acceptors (Lipinski definition) is 4. The monoisotopic (exact) mass is 266 g/mol. The number of hydrogen-bond donors (Lipinski definition) is 2. The molecule has 0 saturated carbocycles. The van der Waals surface area contributed by atoms with Gasteiger partial charge in [0.1, 0.15) is 0 Å². The smallest absolute Gasteiger partial charge is 0.219 e. The standard InChI is InChI=1S/C14H22N2O3/c1-14(16-2,9-13(15)17)8-10-5-6-11(18-3)12(7-10)19-4/h5-7,16H,8-9H2,1-4H3,(H2,15,17). The van der Waals surface area contributed by atoms with Gasteiger partial charge < -0.3 is 20.5 Å². The van der Waals surface area contributed by atoms with Gasteiger partial charge in [0.05, 0.1) is 14.2 Å². The molecule has 0 fully saturated rings. The number of rotatable bonds is 7. The van der Waals surface area contributed by atoms with E-state index in [1.54, 1.807) is 14.2 Å². The molecule has 0 aliphatic carbocycles. The minimum absolute atomic E-state index is 0.276. The summed E-state index contributed by atoms with van der Waals surface area (Å²) in [5, 5.41) is 3.15. The van der Waals surface area contributed by atoms with Gasteiger partial charge in [0.15, 0.2) is 11.5 Å². The molecule has 0 aromatic heterocycles. The molecule has 3 N–H and O–H groups in total. The average molecular weight is 266 g/mol. The molecular weight excluding hydrogens is 244 g/mol. The summed E-state index contributed by atoms with van der Waals surface area (Å²) >= 11 is 0. The summed E-state index contributed by atoms with van der Waals surface area (Å²) in [4.78, 5) is 11.1. The molecule has 19 heavy (non-hydrogen) atoms. The van der Waals surface area contributed by atoms with E-state index in [1.165, 1.54) is 0 Å². The Bertz CT molecular complexity index is 448. The van der Waals surface area contributed by atoms with Gasteiger partial charge in [0.25, 0.3) is 0 Å². The predicted octanol–water partition coefficient (Wildman–Crippen LogP) is 1.10. The predicted molar refractivity (Wildman–Crippen MR) is 74.5 cm³/mol. The Morgan fingerprint density at radius 2 is 1.95 bits per heavy atom. The van der Waals surface area contributed by atoms with Crippen molar-refractivity contribution in [2.75, 3.05) is 21.3 Å². The van der Waals surface area contributed by atoms with Crippen LogP contribution in [-0.4, -0.2) is 32.7 Å². The molecule has 0 heterocycles. The maximum absolute atomic E-state index is 11.1. The molecule has 0 saturated heterocycles.